The van der Waals surface area contributed by atoms with E-state index in [1.807, 2.05) is 31.2 Å². The van der Waals surface area contributed by atoms with Crippen LogP contribution in [-0.4, -0.2) is 12.5 Å². The van der Waals surface area contributed by atoms with Crippen molar-refractivity contribution in [2.24, 2.45) is 5.73 Å². The molecule has 5 heteroatoms. The smallest absolute Gasteiger partial charge is 0.255 e. The second-order valence-electron chi connectivity index (χ2n) is 4.97. The average Bonchev–Trinajstić information content (AvgIpc) is 2.52. The van der Waals surface area contributed by atoms with Gasteiger partial charge in [0.15, 0.2) is 6.61 Å². The number of benzene rings is 2. The third kappa shape index (κ3) is 4.60. The van der Waals surface area contributed by atoms with Crippen LogP contribution in [0.15, 0.2) is 42.5 Å². The SMILES string of the molecule is Cc1ccc(/C(C#N)=C/c2cc(Cl)ccc2OCC(N)=O)cc1. The van der Waals surface area contributed by atoms with Crippen molar-refractivity contribution < 1.29 is 9.53 Å². The fourth-order valence-corrected chi connectivity index (χ4v) is 2.16. The molecule has 0 spiro atoms. The molecule has 0 bridgehead atoms. The number of amides is 1. The molecular formula is C18H15ClN2O2. The van der Waals surface area contributed by atoms with Crippen LogP contribution in [-0.2, 0) is 4.79 Å². The molecule has 116 valence electrons. The topological polar surface area (TPSA) is 76.1 Å². The summed E-state index contributed by atoms with van der Waals surface area (Å²) in [6.07, 6.45) is 1.67. The minimum atomic E-state index is -0.575. The molecule has 0 heterocycles. The molecule has 0 atom stereocenters. The van der Waals surface area contributed by atoms with Crippen molar-refractivity contribution in [1.29, 1.82) is 5.26 Å². The Hall–Kier alpha value is -2.77. The fourth-order valence-electron chi connectivity index (χ4n) is 1.98. The van der Waals surface area contributed by atoms with Gasteiger partial charge in [-0.05, 0) is 36.8 Å². The lowest BCUT2D eigenvalue weighted by Gasteiger charge is -2.09. The van der Waals surface area contributed by atoms with E-state index < -0.39 is 5.91 Å². The summed E-state index contributed by atoms with van der Waals surface area (Å²) in [6, 6.07) is 14.7. The Bertz CT molecular complexity index is 790. The summed E-state index contributed by atoms with van der Waals surface area (Å²) >= 11 is 6.01. The number of carbonyl (C=O) groups is 1. The van der Waals surface area contributed by atoms with Crippen LogP contribution >= 0.6 is 11.6 Å². The first-order valence-corrected chi connectivity index (χ1v) is 7.27. The van der Waals surface area contributed by atoms with Crippen LogP contribution in [0.2, 0.25) is 5.02 Å². The molecule has 0 unspecified atom stereocenters. The largest absolute Gasteiger partial charge is 0.483 e. The number of hydrogen-bond donors (Lipinski definition) is 1. The van der Waals surface area contributed by atoms with Gasteiger partial charge < -0.3 is 10.5 Å². The Morgan fingerprint density at radius 2 is 2.00 bits per heavy atom. The summed E-state index contributed by atoms with van der Waals surface area (Å²) in [5.74, 6) is -0.137. The number of nitriles is 1. The first kappa shape index (κ1) is 16.6. The van der Waals surface area contributed by atoms with E-state index in [0.29, 0.717) is 21.9 Å². The highest BCUT2D eigenvalue weighted by Crippen LogP contribution is 2.27. The molecule has 0 radical (unpaired) electrons. The molecule has 2 aromatic rings. The minimum absolute atomic E-state index is 0.241. The predicted octanol–water partition coefficient (Wildman–Crippen LogP) is 3.58. The lowest BCUT2D eigenvalue weighted by atomic mass is 10.0. The highest BCUT2D eigenvalue weighted by atomic mass is 35.5. The van der Waals surface area contributed by atoms with E-state index in [0.717, 1.165) is 11.1 Å². The molecular weight excluding hydrogens is 312 g/mol. The Morgan fingerprint density at radius 1 is 1.30 bits per heavy atom. The summed E-state index contributed by atoms with van der Waals surface area (Å²) in [5, 5.41) is 9.93. The zero-order valence-electron chi connectivity index (χ0n) is 12.5. The zero-order chi connectivity index (χ0) is 16.8. The summed E-state index contributed by atoms with van der Waals surface area (Å²) in [4.78, 5) is 10.9. The Labute approximate surface area is 139 Å². The molecule has 0 aliphatic rings. The molecule has 1 amide bonds. The summed E-state index contributed by atoms with van der Waals surface area (Å²) in [7, 11) is 0. The van der Waals surface area contributed by atoms with Crippen LogP contribution in [0.25, 0.3) is 11.6 Å². The lowest BCUT2D eigenvalue weighted by Crippen LogP contribution is -2.20. The number of ether oxygens (including phenoxy) is 1. The monoisotopic (exact) mass is 326 g/mol. The number of hydrogen-bond acceptors (Lipinski definition) is 3. The maximum atomic E-state index is 10.9. The van der Waals surface area contributed by atoms with E-state index in [4.69, 9.17) is 22.1 Å². The molecule has 2 rings (SSSR count). The standard InChI is InChI=1S/C18H15ClN2O2/c1-12-2-4-13(5-3-12)15(10-20)8-14-9-16(19)6-7-17(14)23-11-18(21)22/h2-9H,11H2,1H3,(H2,21,22)/b15-8+. The van der Waals surface area contributed by atoms with E-state index in [9.17, 15) is 10.1 Å². The molecule has 2 aromatic carbocycles. The maximum absolute atomic E-state index is 10.9. The first-order chi connectivity index (χ1) is 11.0. The van der Waals surface area contributed by atoms with Gasteiger partial charge in [-0.1, -0.05) is 41.4 Å². The Balaban J connectivity index is 2.42. The number of aryl methyl sites for hydroxylation is 1. The van der Waals surface area contributed by atoms with E-state index >= 15 is 0 Å². The average molecular weight is 327 g/mol. The second kappa shape index (κ2) is 7.48. The van der Waals surface area contributed by atoms with Crippen LogP contribution in [0.3, 0.4) is 0 Å². The minimum Gasteiger partial charge on any atom is -0.483 e. The zero-order valence-corrected chi connectivity index (χ0v) is 13.3. The van der Waals surface area contributed by atoms with Gasteiger partial charge in [0.05, 0.1) is 11.6 Å². The summed E-state index contributed by atoms with van der Waals surface area (Å²) < 4.78 is 5.37. The number of rotatable bonds is 5. The maximum Gasteiger partial charge on any atom is 0.255 e. The molecule has 2 N–H and O–H groups in total. The molecule has 23 heavy (non-hydrogen) atoms. The van der Waals surface area contributed by atoms with Crippen LogP contribution in [0.4, 0.5) is 0 Å². The Morgan fingerprint density at radius 3 is 2.61 bits per heavy atom. The fraction of sp³-hybridized carbons (Fsp3) is 0.111. The van der Waals surface area contributed by atoms with Gasteiger partial charge in [-0.15, -0.1) is 0 Å². The number of primary amides is 1. The van der Waals surface area contributed by atoms with E-state index in [-0.39, 0.29) is 6.61 Å². The van der Waals surface area contributed by atoms with Crippen molar-refractivity contribution in [3.05, 3.63) is 64.2 Å². The van der Waals surface area contributed by atoms with Crippen molar-refractivity contribution in [3.8, 4) is 11.8 Å². The third-order valence-electron chi connectivity index (χ3n) is 3.12. The number of halogens is 1. The van der Waals surface area contributed by atoms with Crippen LogP contribution in [0, 0.1) is 18.3 Å². The highest BCUT2D eigenvalue weighted by Gasteiger charge is 2.07. The lowest BCUT2D eigenvalue weighted by molar-refractivity contribution is -0.119. The number of allylic oxidation sites excluding steroid dienone is 1. The summed E-state index contributed by atoms with van der Waals surface area (Å²) in [5.41, 5.74) is 8.07. The van der Waals surface area contributed by atoms with E-state index in [1.54, 1.807) is 24.3 Å². The highest BCUT2D eigenvalue weighted by molar-refractivity contribution is 6.30. The van der Waals surface area contributed by atoms with Gasteiger partial charge in [-0.2, -0.15) is 5.26 Å². The number of nitrogens with two attached hydrogens (primary N) is 1. The van der Waals surface area contributed by atoms with Crippen LogP contribution in [0.5, 0.6) is 5.75 Å². The van der Waals surface area contributed by atoms with Gasteiger partial charge in [0.1, 0.15) is 5.75 Å². The van der Waals surface area contributed by atoms with Gasteiger partial charge in [-0.3, -0.25) is 4.79 Å². The van der Waals surface area contributed by atoms with Crippen LogP contribution in [0.1, 0.15) is 16.7 Å². The van der Waals surface area contributed by atoms with Crippen molar-refractivity contribution >= 4 is 29.2 Å². The molecule has 0 saturated carbocycles. The van der Waals surface area contributed by atoms with Crippen molar-refractivity contribution in [2.45, 2.75) is 6.92 Å². The van der Waals surface area contributed by atoms with Crippen molar-refractivity contribution in [1.82, 2.24) is 0 Å². The second-order valence-corrected chi connectivity index (χ2v) is 5.41. The van der Waals surface area contributed by atoms with Crippen LogP contribution < -0.4 is 10.5 Å². The first-order valence-electron chi connectivity index (χ1n) is 6.89. The molecule has 0 aliphatic heterocycles. The van der Waals surface area contributed by atoms with E-state index in [1.165, 1.54) is 0 Å². The van der Waals surface area contributed by atoms with Crippen molar-refractivity contribution in [2.75, 3.05) is 6.61 Å². The van der Waals surface area contributed by atoms with E-state index in [2.05, 4.69) is 6.07 Å². The van der Waals surface area contributed by atoms with Crippen molar-refractivity contribution in [3.63, 3.8) is 0 Å². The Kier molecular flexibility index (Phi) is 5.40. The number of carbonyl (C=O) groups excluding carboxylic acids is 1. The van der Waals surface area contributed by atoms with Gasteiger partial charge in [0.2, 0.25) is 0 Å². The van der Waals surface area contributed by atoms with Gasteiger partial charge in [0, 0.05) is 10.6 Å². The van der Waals surface area contributed by atoms with Gasteiger partial charge in [-0.25, -0.2) is 0 Å². The third-order valence-corrected chi connectivity index (χ3v) is 3.36. The molecule has 0 aliphatic carbocycles. The molecule has 0 saturated heterocycles. The predicted molar refractivity (Wildman–Crippen MR) is 90.8 cm³/mol. The molecule has 0 aromatic heterocycles. The number of nitrogens with zero attached hydrogens (tertiary/aromatic N) is 1. The molecule has 4 nitrogen and oxygen atoms in total. The normalized spacial score (nSPS) is 10.9. The summed E-state index contributed by atoms with van der Waals surface area (Å²) in [6.45, 7) is 1.74. The van der Waals surface area contributed by atoms with Gasteiger partial charge in [0.25, 0.3) is 5.91 Å². The molecule has 0 fully saturated rings. The van der Waals surface area contributed by atoms with Gasteiger partial charge >= 0.3 is 0 Å². The quantitative estimate of drug-likeness (QED) is 0.674.